The molecule has 0 saturated carbocycles. The van der Waals surface area contributed by atoms with Gasteiger partial charge >= 0.3 is 0 Å². The molecule has 0 amide bonds. The molecule has 0 spiro atoms. The summed E-state index contributed by atoms with van der Waals surface area (Å²) in [6.45, 7) is -0.227. The van der Waals surface area contributed by atoms with Crippen LogP contribution in [0.4, 0.5) is 14.5 Å². The molecule has 0 fully saturated rings. The van der Waals surface area contributed by atoms with Crippen LogP contribution in [-0.2, 0) is 0 Å². The highest BCUT2D eigenvalue weighted by Crippen LogP contribution is 2.19. The Kier molecular flexibility index (Phi) is 4.64. The van der Waals surface area contributed by atoms with E-state index in [9.17, 15) is 8.78 Å². The van der Waals surface area contributed by atoms with Gasteiger partial charge in [0.25, 0.3) is 0 Å². The van der Waals surface area contributed by atoms with Crippen LogP contribution < -0.4 is 4.90 Å². The number of hydrogen-bond acceptors (Lipinski definition) is 3. The van der Waals surface area contributed by atoms with E-state index in [4.69, 9.17) is 10.2 Å². The molecule has 1 aromatic carbocycles. The second-order valence-electron chi connectivity index (χ2n) is 3.56. The molecule has 3 nitrogen and oxygen atoms in total. The Bertz CT molecular complexity index is 347. The molecule has 0 heterocycles. The average molecular weight is 231 g/mol. The van der Waals surface area contributed by atoms with Crippen molar-refractivity contribution in [3.8, 4) is 0 Å². The number of aliphatic hydroxyl groups is 2. The second kappa shape index (κ2) is 5.77. The highest BCUT2D eigenvalue weighted by Gasteiger charge is 2.15. The summed E-state index contributed by atoms with van der Waals surface area (Å²) in [6, 6.07) is 3.22. The van der Waals surface area contributed by atoms with Gasteiger partial charge in [0.05, 0.1) is 12.6 Å². The van der Waals surface area contributed by atoms with E-state index in [1.165, 1.54) is 6.07 Å². The topological polar surface area (TPSA) is 43.7 Å². The van der Waals surface area contributed by atoms with Gasteiger partial charge in [-0.05, 0) is 18.6 Å². The van der Waals surface area contributed by atoms with Gasteiger partial charge in [-0.15, -0.1) is 0 Å². The van der Waals surface area contributed by atoms with E-state index < -0.39 is 11.6 Å². The van der Waals surface area contributed by atoms with Crippen molar-refractivity contribution in [3.63, 3.8) is 0 Å². The Morgan fingerprint density at radius 2 is 1.94 bits per heavy atom. The number of halogens is 2. The second-order valence-corrected chi connectivity index (χ2v) is 3.56. The van der Waals surface area contributed by atoms with Crippen LogP contribution in [0.2, 0.25) is 0 Å². The lowest BCUT2D eigenvalue weighted by Crippen LogP contribution is -2.35. The highest BCUT2D eigenvalue weighted by atomic mass is 19.2. The molecule has 0 aliphatic rings. The molecule has 2 N–H and O–H groups in total. The molecule has 0 aliphatic carbocycles. The molecule has 1 rings (SSSR count). The zero-order valence-electron chi connectivity index (χ0n) is 9.03. The molecule has 16 heavy (non-hydrogen) atoms. The maximum atomic E-state index is 13.0. The smallest absolute Gasteiger partial charge is 0.160 e. The van der Waals surface area contributed by atoms with Crippen molar-refractivity contribution in [1.29, 1.82) is 0 Å². The number of anilines is 1. The van der Waals surface area contributed by atoms with Gasteiger partial charge in [-0.25, -0.2) is 8.78 Å². The number of benzene rings is 1. The first-order valence-corrected chi connectivity index (χ1v) is 4.99. The summed E-state index contributed by atoms with van der Waals surface area (Å²) in [7, 11) is 1.66. The SMILES string of the molecule is CN(c1ccc(F)c(F)c1)C(CO)CCO. The molecule has 0 bridgehead atoms. The predicted molar refractivity (Wildman–Crippen MR) is 57.3 cm³/mol. The third kappa shape index (κ3) is 2.90. The number of rotatable bonds is 5. The highest BCUT2D eigenvalue weighted by molar-refractivity contribution is 5.47. The summed E-state index contributed by atoms with van der Waals surface area (Å²) in [4.78, 5) is 1.61. The standard InChI is InChI=1S/C11H15F2NO2/c1-14(9(7-16)4-5-15)8-2-3-10(12)11(13)6-8/h2-3,6,9,15-16H,4-5,7H2,1H3. The van der Waals surface area contributed by atoms with E-state index in [0.29, 0.717) is 12.1 Å². The van der Waals surface area contributed by atoms with E-state index in [0.717, 1.165) is 12.1 Å². The van der Waals surface area contributed by atoms with Gasteiger partial charge in [0.1, 0.15) is 0 Å². The van der Waals surface area contributed by atoms with Crippen LogP contribution in [0.3, 0.4) is 0 Å². The lowest BCUT2D eigenvalue weighted by atomic mass is 10.1. The summed E-state index contributed by atoms with van der Waals surface area (Å²) in [5, 5.41) is 17.9. The van der Waals surface area contributed by atoms with Gasteiger partial charge in [-0.3, -0.25) is 0 Å². The lowest BCUT2D eigenvalue weighted by molar-refractivity contribution is 0.218. The fourth-order valence-electron chi connectivity index (χ4n) is 1.47. The molecular formula is C11H15F2NO2. The number of likely N-dealkylation sites (N-methyl/N-ethyl adjacent to an activating group) is 1. The minimum Gasteiger partial charge on any atom is -0.396 e. The van der Waals surface area contributed by atoms with Crippen LogP contribution >= 0.6 is 0 Å². The van der Waals surface area contributed by atoms with Crippen molar-refractivity contribution < 1.29 is 19.0 Å². The summed E-state index contributed by atoms with van der Waals surface area (Å²) in [5.74, 6) is -1.83. The van der Waals surface area contributed by atoms with Gasteiger partial charge < -0.3 is 15.1 Å². The van der Waals surface area contributed by atoms with Gasteiger partial charge in [0.2, 0.25) is 0 Å². The maximum absolute atomic E-state index is 13.0. The van der Waals surface area contributed by atoms with Crippen LogP contribution in [0.25, 0.3) is 0 Å². The van der Waals surface area contributed by atoms with Crippen LogP contribution in [0.1, 0.15) is 6.42 Å². The summed E-state index contributed by atoms with van der Waals surface area (Å²) in [5.41, 5.74) is 0.464. The lowest BCUT2D eigenvalue weighted by Gasteiger charge is -2.28. The zero-order chi connectivity index (χ0) is 12.1. The van der Waals surface area contributed by atoms with Crippen molar-refractivity contribution >= 4 is 5.69 Å². The Labute approximate surface area is 92.9 Å². The minimum absolute atomic E-state index is 0.0702. The molecule has 0 aromatic heterocycles. The maximum Gasteiger partial charge on any atom is 0.160 e. The Hall–Kier alpha value is -1.20. The van der Waals surface area contributed by atoms with Crippen molar-refractivity contribution in [2.45, 2.75) is 12.5 Å². The number of nitrogens with zero attached hydrogens (tertiary/aromatic N) is 1. The third-order valence-corrected chi connectivity index (χ3v) is 2.53. The van der Waals surface area contributed by atoms with E-state index in [-0.39, 0.29) is 19.3 Å². The summed E-state index contributed by atoms with van der Waals surface area (Å²) < 4.78 is 25.7. The van der Waals surface area contributed by atoms with E-state index in [1.807, 2.05) is 0 Å². The molecule has 90 valence electrons. The van der Waals surface area contributed by atoms with Gasteiger partial charge in [0, 0.05) is 25.4 Å². The van der Waals surface area contributed by atoms with Gasteiger partial charge in [-0.1, -0.05) is 0 Å². The van der Waals surface area contributed by atoms with E-state index in [2.05, 4.69) is 0 Å². The molecule has 1 unspecified atom stereocenters. The first-order valence-electron chi connectivity index (χ1n) is 4.99. The average Bonchev–Trinajstić information content (AvgIpc) is 2.28. The minimum atomic E-state index is -0.926. The predicted octanol–water partition coefficient (Wildman–Crippen LogP) is 1.14. The quantitative estimate of drug-likeness (QED) is 0.798. The van der Waals surface area contributed by atoms with Crippen LogP contribution in [0, 0.1) is 11.6 Å². The van der Waals surface area contributed by atoms with Gasteiger partial charge in [-0.2, -0.15) is 0 Å². The number of aliphatic hydroxyl groups excluding tert-OH is 2. The van der Waals surface area contributed by atoms with Gasteiger partial charge in [0.15, 0.2) is 11.6 Å². The Morgan fingerprint density at radius 1 is 1.25 bits per heavy atom. The fraction of sp³-hybridized carbons (Fsp3) is 0.455. The molecule has 1 atom stereocenters. The van der Waals surface area contributed by atoms with E-state index >= 15 is 0 Å². The van der Waals surface area contributed by atoms with Crippen LogP contribution in [0.5, 0.6) is 0 Å². The van der Waals surface area contributed by atoms with Crippen molar-refractivity contribution in [1.82, 2.24) is 0 Å². The Morgan fingerprint density at radius 3 is 2.44 bits per heavy atom. The molecular weight excluding hydrogens is 216 g/mol. The van der Waals surface area contributed by atoms with Crippen molar-refractivity contribution in [2.24, 2.45) is 0 Å². The molecule has 1 aromatic rings. The zero-order valence-corrected chi connectivity index (χ0v) is 9.03. The van der Waals surface area contributed by atoms with Crippen molar-refractivity contribution in [3.05, 3.63) is 29.8 Å². The molecule has 0 aliphatic heterocycles. The van der Waals surface area contributed by atoms with Crippen LogP contribution in [-0.4, -0.2) is 36.5 Å². The summed E-state index contributed by atoms with van der Waals surface area (Å²) in [6.07, 6.45) is 0.367. The summed E-state index contributed by atoms with van der Waals surface area (Å²) >= 11 is 0. The van der Waals surface area contributed by atoms with Crippen LogP contribution in [0.15, 0.2) is 18.2 Å². The first kappa shape index (κ1) is 12.9. The molecule has 0 radical (unpaired) electrons. The molecule has 5 heteroatoms. The first-order chi connectivity index (χ1) is 7.60. The fourth-order valence-corrected chi connectivity index (χ4v) is 1.47. The molecule has 0 saturated heterocycles. The monoisotopic (exact) mass is 231 g/mol. The third-order valence-electron chi connectivity index (χ3n) is 2.53. The van der Waals surface area contributed by atoms with E-state index in [1.54, 1.807) is 11.9 Å². The number of hydrogen-bond donors (Lipinski definition) is 2. The van der Waals surface area contributed by atoms with Crippen molar-refractivity contribution in [2.75, 3.05) is 25.2 Å². The largest absolute Gasteiger partial charge is 0.396 e. The Balaban J connectivity index is 2.85. The normalized spacial score (nSPS) is 12.6.